The van der Waals surface area contributed by atoms with Gasteiger partial charge in [0.05, 0.1) is 0 Å². The van der Waals surface area contributed by atoms with Crippen molar-refractivity contribution in [2.75, 3.05) is 11.1 Å². The fourth-order valence-corrected chi connectivity index (χ4v) is 3.96. The van der Waals surface area contributed by atoms with Crippen molar-refractivity contribution in [2.24, 2.45) is 0 Å². The van der Waals surface area contributed by atoms with Crippen molar-refractivity contribution in [1.82, 2.24) is 15.2 Å². The van der Waals surface area contributed by atoms with Crippen molar-refractivity contribution < 1.29 is 4.74 Å². The van der Waals surface area contributed by atoms with Gasteiger partial charge in [-0.15, -0.1) is 10.2 Å². The molecule has 0 saturated carbocycles. The first-order valence-electron chi connectivity index (χ1n) is 9.77. The highest BCUT2D eigenvalue weighted by Gasteiger charge is 2.25. The molecule has 6 heteroatoms. The Bertz CT molecular complexity index is 946. The van der Waals surface area contributed by atoms with E-state index in [1.807, 2.05) is 24.3 Å². The minimum absolute atomic E-state index is 0.335. The van der Waals surface area contributed by atoms with Crippen LogP contribution in [0.25, 0.3) is 11.3 Å². The molecule has 1 aromatic heterocycles. The third-order valence-corrected chi connectivity index (χ3v) is 5.68. The number of aryl methyl sites for hydroxylation is 1. The number of hydrogen-bond donors (Lipinski definition) is 1. The summed E-state index contributed by atoms with van der Waals surface area (Å²) >= 11 is 1.62. The van der Waals surface area contributed by atoms with Gasteiger partial charge in [-0.25, -0.2) is 0 Å². The van der Waals surface area contributed by atoms with Crippen LogP contribution in [0.15, 0.2) is 53.7 Å². The van der Waals surface area contributed by atoms with Crippen LogP contribution < -0.4 is 10.1 Å². The number of aromatic nitrogens is 3. The molecule has 0 amide bonds. The number of fused-ring (bicyclic) bond motifs is 3. The summed E-state index contributed by atoms with van der Waals surface area (Å²) in [6.07, 6.45) is 2.96. The molecule has 4 rings (SSSR count). The van der Waals surface area contributed by atoms with Gasteiger partial charge >= 0.3 is 0 Å². The first kappa shape index (κ1) is 18.7. The second kappa shape index (κ2) is 8.61. The van der Waals surface area contributed by atoms with Gasteiger partial charge in [-0.1, -0.05) is 74.5 Å². The van der Waals surface area contributed by atoms with Crippen LogP contribution in [0.5, 0.6) is 5.88 Å². The Labute approximate surface area is 170 Å². The lowest BCUT2D eigenvalue weighted by Crippen LogP contribution is -2.17. The average Bonchev–Trinajstić information content (AvgIpc) is 2.90. The van der Waals surface area contributed by atoms with Crippen LogP contribution in [0.2, 0.25) is 0 Å². The topological polar surface area (TPSA) is 59.9 Å². The van der Waals surface area contributed by atoms with Gasteiger partial charge in [-0.3, -0.25) is 0 Å². The van der Waals surface area contributed by atoms with Crippen molar-refractivity contribution in [1.29, 1.82) is 0 Å². The average molecular weight is 393 g/mol. The zero-order chi connectivity index (χ0) is 19.3. The minimum Gasteiger partial charge on any atom is -0.448 e. The van der Waals surface area contributed by atoms with Crippen molar-refractivity contribution in [3.8, 4) is 17.1 Å². The molecule has 0 spiro atoms. The Kier molecular flexibility index (Phi) is 5.76. The summed E-state index contributed by atoms with van der Waals surface area (Å²) in [7, 11) is 0. The lowest BCUT2D eigenvalue weighted by Gasteiger charge is -2.19. The molecule has 0 radical (unpaired) electrons. The third-order valence-electron chi connectivity index (χ3n) is 4.75. The molecule has 3 aromatic rings. The maximum absolute atomic E-state index is 6.31. The Hall–Kier alpha value is -2.60. The smallest absolute Gasteiger partial charge is 0.247 e. The highest BCUT2D eigenvalue weighted by molar-refractivity contribution is 7.99. The van der Waals surface area contributed by atoms with Gasteiger partial charge in [0.25, 0.3) is 0 Å². The largest absolute Gasteiger partial charge is 0.448 e. The van der Waals surface area contributed by atoms with E-state index in [1.165, 1.54) is 5.56 Å². The zero-order valence-electron chi connectivity index (χ0n) is 16.2. The number of thioether (sulfide) groups is 1. The summed E-state index contributed by atoms with van der Waals surface area (Å²) in [6.45, 7) is 4.33. The molecule has 1 atom stereocenters. The number of rotatable bonds is 6. The van der Waals surface area contributed by atoms with Crippen LogP contribution >= 0.6 is 11.8 Å². The molecule has 1 aliphatic rings. The van der Waals surface area contributed by atoms with Gasteiger partial charge in [0.15, 0.2) is 11.9 Å². The maximum atomic E-state index is 6.31. The normalized spacial score (nSPS) is 15.0. The van der Waals surface area contributed by atoms with Gasteiger partial charge < -0.3 is 10.1 Å². The minimum atomic E-state index is -0.335. The Morgan fingerprint density at radius 3 is 2.64 bits per heavy atom. The standard InChI is InChI=1S/C22H24N4OS/c1-3-5-14-28-22-24-21-19(25-26-22)17-8-6-7-9-18(17)23-20(27-21)16-12-10-15(4-2)11-13-16/h6-13,20,23H,3-5,14H2,1-2H3/t20-/m0/s1. The third kappa shape index (κ3) is 3.97. The summed E-state index contributed by atoms with van der Waals surface area (Å²) in [5, 5.41) is 12.9. The molecular weight excluding hydrogens is 368 g/mol. The number of nitrogens with zero attached hydrogens (tertiary/aromatic N) is 3. The molecule has 0 aliphatic carbocycles. The first-order chi connectivity index (χ1) is 13.8. The molecule has 2 heterocycles. The molecule has 0 fully saturated rings. The highest BCUT2D eigenvalue weighted by atomic mass is 32.2. The summed E-state index contributed by atoms with van der Waals surface area (Å²) in [5.74, 6) is 1.50. The van der Waals surface area contributed by atoms with Crippen molar-refractivity contribution in [2.45, 2.75) is 44.5 Å². The Morgan fingerprint density at radius 2 is 1.86 bits per heavy atom. The van der Waals surface area contributed by atoms with E-state index in [0.29, 0.717) is 16.7 Å². The highest BCUT2D eigenvalue weighted by Crippen LogP contribution is 2.39. The SMILES string of the molecule is CCCCSc1nnc2c(n1)O[C@@H](c1ccc(CC)cc1)Nc1ccccc1-2. The van der Waals surface area contributed by atoms with E-state index in [-0.39, 0.29) is 6.23 Å². The predicted octanol–water partition coefficient (Wildman–Crippen LogP) is 5.50. The van der Waals surface area contributed by atoms with Gasteiger partial charge in [0.2, 0.25) is 11.0 Å². The van der Waals surface area contributed by atoms with Crippen molar-refractivity contribution in [3.63, 3.8) is 0 Å². The quantitative estimate of drug-likeness (QED) is 0.442. The van der Waals surface area contributed by atoms with E-state index in [9.17, 15) is 0 Å². The fourth-order valence-electron chi connectivity index (χ4n) is 3.10. The van der Waals surface area contributed by atoms with Crippen LogP contribution in [0.4, 0.5) is 5.69 Å². The maximum Gasteiger partial charge on any atom is 0.247 e. The van der Waals surface area contributed by atoms with E-state index < -0.39 is 0 Å². The second-order valence-electron chi connectivity index (χ2n) is 6.73. The molecule has 0 bridgehead atoms. The zero-order valence-corrected chi connectivity index (χ0v) is 17.0. The number of nitrogens with one attached hydrogen (secondary N) is 1. The van der Waals surface area contributed by atoms with E-state index in [0.717, 1.165) is 41.8 Å². The van der Waals surface area contributed by atoms with Crippen LogP contribution in [0, 0.1) is 0 Å². The Morgan fingerprint density at radius 1 is 1.04 bits per heavy atom. The number of hydrogen-bond acceptors (Lipinski definition) is 6. The molecule has 0 unspecified atom stereocenters. The van der Waals surface area contributed by atoms with Crippen molar-refractivity contribution >= 4 is 17.4 Å². The van der Waals surface area contributed by atoms with Gasteiger partial charge in [-0.2, -0.15) is 4.98 Å². The van der Waals surface area contributed by atoms with Crippen molar-refractivity contribution in [3.05, 3.63) is 59.7 Å². The van der Waals surface area contributed by atoms with E-state index >= 15 is 0 Å². The summed E-state index contributed by atoms with van der Waals surface area (Å²) in [5.41, 5.74) is 4.95. The van der Waals surface area contributed by atoms with E-state index in [2.05, 4.69) is 58.6 Å². The monoisotopic (exact) mass is 392 g/mol. The first-order valence-corrected chi connectivity index (χ1v) is 10.8. The van der Waals surface area contributed by atoms with Crippen LogP contribution in [-0.2, 0) is 6.42 Å². The molecule has 1 N–H and O–H groups in total. The van der Waals surface area contributed by atoms with E-state index in [4.69, 9.17) is 4.74 Å². The molecule has 0 saturated heterocycles. The molecule has 1 aliphatic heterocycles. The summed E-state index contributed by atoms with van der Waals surface area (Å²) in [4.78, 5) is 4.68. The fraction of sp³-hybridized carbons (Fsp3) is 0.318. The summed E-state index contributed by atoms with van der Waals surface area (Å²) in [6, 6.07) is 16.5. The number of anilines is 1. The van der Waals surface area contributed by atoms with E-state index in [1.54, 1.807) is 11.8 Å². The molecule has 5 nitrogen and oxygen atoms in total. The van der Waals surface area contributed by atoms with Crippen LogP contribution in [-0.4, -0.2) is 20.9 Å². The second-order valence-corrected chi connectivity index (χ2v) is 7.80. The molecule has 28 heavy (non-hydrogen) atoms. The number of benzene rings is 2. The molecule has 144 valence electrons. The number of para-hydroxylation sites is 1. The molecule has 2 aromatic carbocycles. The lowest BCUT2D eigenvalue weighted by molar-refractivity contribution is 0.225. The van der Waals surface area contributed by atoms with Gasteiger partial charge in [0, 0.05) is 22.6 Å². The van der Waals surface area contributed by atoms with Crippen LogP contribution in [0.1, 0.15) is 44.0 Å². The van der Waals surface area contributed by atoms with Gasteiger partial charge in [-0.05, 0) is 24.5 Å². The summed E-state index contributed by atoms with van der Waals surface area (Å²) < 4.78 is 6.31. The number of unbranched alkanes of at least 4 members (excludes halogenated alkanes) is 1. The van der Waals surface area contributed by atoms with Gasteiger partial charge in [0.1, 0.15) is 0 Å². The number of ether oxygens (including phenoxy) is 1. The lowest BCUT2D eigenvalue weighted by atomic mass is 10.1. The van der Waals surface area contributed by atoms with Crippen LogP contribution in [0.3, 0.4) is 0 Å². The predicted molar refractivity (Wildman–Crippen MR) is 114 cm³/mol. The molecular formula is C22H24N4OS. The Balaban J connectivity index is 1.71.